The first-order valence-electron chi connectivity index (χ1n) is 10.6. The van der Waals surface area contributed by atoms with Crippen LogP contribution in [0.25, 0.3) is 0 Å². The van der Waals surface area contributed by atoms with E-state index in [2.05, 4.69) is 37.2 Å². The Labute approximate surface area is 214 Å². The topological polar surface area (TPSA) is 116 Å². The lowest BCUT2D eigenvalue weighted by Gasteiger charge is -2.25. The molecule has 0 aromatic heterocycles. The molecule has 10 heteroatoms. The van der Waals surface area contributed by atoms with Gasteiger partial charge in [-0.15, -0.1) is 0 Å². The van der Waals surface area contributed by atoms with Crippen LogP contribution in [0.15, 0.2) is 65.1 Å². The Balaban J connectivity index is 1.37. The van der Waals surface area contributed by atoms with Gasteiger partial charge in [0.2, 0.25) is 5.91 Å². The van der Waals surface area contributed by atoms with E-state index in [1.54, 1.807) is 55.5 Å². The fourth-order valence-electron chi connectivity index (χ4n) is 3.61. The van der Waals surface area contributed by atoms with E-state index in [-0.39, 0.29) is 12.3 Å². The van der Waals surface area contributed by atoms with E-state index < -0.39 is 23.8 Å². The van der Waals surface area contributed by atoms with Crippen LogP contribution in [0.3, 0.4) is 0 Å². The summed E-state index contributed by atoms with van der Waals surface area (Å²) in [7, 11) is 0. The van der Waals surface area contributed by atoms with E-state index in [0.717, 1.165) is 10.0 Å². The van der Waals surface area contributed by atoms with Crippen LogP contribution in [0.1, 0.15) is 21.5 Å². The lowest BCUT2D eigenvalue weighted by molar-refractivity contribution is -0.137. The third-order valence-electron chi connectivity index (χ3n) is 5.40. The molecule has 1 atom stereocenters. The number of hydrogen-bond acceptors (Lipinski definition) is 4. The lowest BCUT2D eigenvalue weighted by atomic mass is 9.99. The zero-order valence-electron chi connectivity index (χ0n) is 18.4. The average molecular weight is 556 g/mol. The van der Waals surface area contributed by atoms with Crippen molar-refractivity contribution in [3.8, 4) is 0 Å². The molecular weight excluding hydrogens is 536 g/mol. The molecular formula is C25H20BrClN4O4. The van der Waals surface area contributed by atoms with Gasteiger partial charge in [0.1, 0.15) is 6.04 Å². The fourth-order valence-corrected chi connectivity index (χ4v) is 4.16. The number of benzene rings is 3. The largest absolute Gasteiger partial charge is 0.336 e. The highest BCUT2D eigenvalue weighted by Gasteiger charge is 2.29. The Morgan fingerprint density at radius 1 is 1.00 bits per heavy atom. The fraction of sp³-hybridized carbons (Fsp3) is 0.120. The summed E-state index contributed by atoms with van der Waals surface area (Å²) in [6.45, 7) is 1.73. The average Bonchev–Trinajstić information content (AvgIpc) is 2.81. The number of anilines is 3. The van der Waals surface area contributed by atoms with Gasteiger partial charge in [0, 0.05) is 38.5 Å². The molecule has 0 saturated carbocycles. The van der Waals surface area contributed by atoms with Crippen LogP contribution in [-0.4, -0.2) is 29.7 Å². The van der Waals surface area contributed by atoms with E-state index in [1.165, 1.54) is 0 Å². The minimum atomic E-state index is -0.927. The van der Waals surface area contributed by atoms with Crippen LogP contribution >= 0.6 is 27.5 Å². The number of fused-ring (bicyclic) bond motifs is 1. The predicted octanol–water partition coefficient (Wildman–Crippen LogP) is 4.28. The van der Waals surface area contributed by atoms with E-state index >= 15 is 0 Å². The molecule has 1 unspecified atom stereocenters. The predicted molar refractivity (Wildman–Crippen MR) is 138 cm³/mol. The number of halogens is 2. The normalized spacial score (nSPS) is 14.4. The minimum absolute atomic E-state index is 0.271. The molecule has 0 fully saturated rings. The molecule has 0 bridgehead atoms. The van der Waals surface area contributed by atoms with Gasteiger partial charge in [-0.25, -0.2) is 0 Å². The molecule has 178 valence electrons. The number of rotatable bonds is 4. The molecule has 0 radical (unpaired) electrons. The summed E-state index contributed by atoms with van der Waals surface area (Å²) in [4.78, 5) is 49.7. The molecule has 1 aliphatic rings. The second-order valence-corrected chi connectivity index (χ2v) is 9.32. The van der Waals surface area contributed by atoms with Crippen LogP contribution in [0.5, 0.6) is 0 Å². The summed E-state index contributed by atoms with van der Waals surface area (Å²) < 4.78 is 0.823. The van der Waals surface area contributed by atoms with Gasteiger partial charge >= 0.3 is 11.8 Å². The number of carbonyl (C=O) groups is 4. The zero-order valence-corrected chi connectivity index (χ0v) is 20.8. The van der Waals surface area contributed by atoms with Crippen molar-refractivity contribution in [2.45, 2.75) is 19.4 Å². The van der Waals surface area contributed by atoms with Crippen LogP contribution in [0.2, 0.25) is 5.02 Å². The summed E-state index contributed by atoms with van der Waals surface area (Å²) >= 11 is 9.28. The Morgan fingerprint density at radius 3 is 2.54 bits per heavy atom. The molecule has 3 aromatic carbocycles. The number of carbonyl (C=O) groups excluding carboxylic acids is 4. The summed E-state index contributed by atoms with van der Waals surface area (Å²) in [5.41, 5.74) is 3.46. The molecule has 1 heterocycles. The summed E-state index contributed by atoms with van der Waals surface area (Å²) in [5.74, 6) is -2.56. The van der Waals surface area contributed by atoms with Crippen LogP contribution < -0.4 is 21.3 Å². The highest BCUT2D eigenvalue weighted by molar-refractivity contribution is 9.10. The first kappa shape index (κ1) is 24.4. The smallest absolute Gasteiger partial charge is 0.313 e. The Kier molecular flexibility index (Phi) is 7.18. The molecule has 0 saturated heterocycles. The van der Waals surface area contributed by atoms with Gasteiger partial charge in [-0.2, -0.15) is 0 Å². The molecule has 0 spiro atoms. The van der Waals surface area contributed by atoms with E-state index in [4.69, 9.17) is 11.6 Å². The Hall–Kier alpha value is -3.69. The highest BCUT2D eigenvalue weighted by Crippen LogP contribution is 2.26. The minimum Gasteiger partial charge on any atom is -0.336 e. The Bertz CT molecular complexity index is 1360. The number of amides is 4. The van der Waals surface area contributed by atoms with Crippen LogP contribution in [0, 0.1) is 6.92 Å². The van der Waals surface area contributed by atoms with Gasteiger partial charge in [0.25, 0.3) is 5.91 Å². The standard InChI is InChI=1S/C25H20BrClN4O4/c1-13-9-18(28-22(32)15-3-2-4-17(27)10-15)7-8-19(13)29-24(34)25(35)31-21-11-14-5-6-16(26)12-20(14)30-23(21)33/h2-10,12,21H,11H2,1H3,(H,28,32)(H,29,34)(H,30,33)(H,31,35). The Morgan fingerprint density at radius 2 is 1.80 bits per heavy atom. The number of hydrogen-bond donors (Lipinski definition) is 4. The third-order valence-corrected chi connectivity index (χ3v) is 6.13. The monoisotopic (exact) mass is 554 g/mol. The molecule has 4 N–H and O–H groups in total. The van der Waals surface area contributed by atoms with Crippen molar-refractivity contribution in [2.24, 2.45) is 0 Å². The number of nitrogens with one attached hydrogen (secondary N) is 4. The molecule has 4 amide bonds. The maximum absolute atomic E-state index is 12.5. The van der Waals surface area contributed by atoms with Gasteiger partial charge in [-0.3, -0.25) is 19.2 Å². The van der Waals surface area contributed by atoms with Crippen molar-refractivity contribution in [3.63, 3.8) is 0 Å². The van der Waals surface area contributed by atoms with Crippen molar-refractivity contribution in [2.75, 3.05) is 16.0 Å². The second-order valence-electron chi connectivity index (χ2n) is 7.97. The van der Waals surface area contributed by atoms with E-state index in [0.29, 0.717) is 33.2 Å². The van der Waals surface area contributed by atoms with Gasteiger partial charge in [0.15, 0.2) is 0 Å². The van der Waals surface area contributed by atoms with Crippen molar-refractivity contribution < 1.29 is 19.2 Å². The van der Waals surface area contributed by atoms with Gasteiger partial charge in [-0.05, 0) is 66.6 Å². The second kappa shape index (κ2) is 10.3. The molecule has 8 nitrogen and oxygen atoms in total. The summed E-state index contributed by atoms with van der Waals surface area (Å²) in [6, 6.07) is 16.0. The third kappa shape index (κ3) is 5.87. The number of aryl methyl sites for hydroxylation is 1. The van der Waals surface area contributed by atoms with E-state index in [9.17, 15) is 19.2 Å². The zero-order chi connectivity index (χ0) is 25.1. The van der Waals surface area contributed by atoms with Gasteiger partial charge in [0.05, 0.1) is 0 Å². The van der Waals surface area contributed by atoms with E-state index in [1.807, 2.05) is 12.1 Å². The molecule has 3 aromatic rings. The lowest BCUT2D eigenvalue weighted by Crippen LogP contribution is -2.50. The molecule has 35 heavy (non-hydrogen) atoms. The summed E-state index contributed by atoms with van der Waals surface area (Å²) in [5, 5.41) is 11.0. The van der Waals surface area contributed by atoms with Crippen molar-refractivity contribution in [1.29, 1.82) is 0 Å². The van der Waals surface area contributed by atoms with Crippen molar-refractivity contribution >= 4 is 68.2 Å². The highest BCUT2D eigenvalue weighted by atomic mass is 79.9. The quantitative estimate of drug-likeness (QED) is 0.360. The van der Waals surface area contributed by atoms with Crippen molar-refractivity contribution in [3.05, 3.63) is 86.8 Å². The first-order chi connectivity index (χ1) is 16.7. The maximum Gasteiger partial charge on any atom is 0.313 e. The molecule has 4 rings (SSSR count). The molecule has 1 aliphatic heterocycles. The van der Waals surface area contributed by atoms with Crippen LogP contribution in [-0.2, 0) is 20.8 Å². The summed E-state index contributed by atoms with van der Waals surface area (Å²) in [6.07, 6.45) is 0.271. The first-order valence-corrected chi connectivity index (χ1v) is 11.8. The SMILES string of the molecule is Cc1cc(NC(=O)c2cccc(Cl)c2)ccc1NC(=O)C(=O)NC1Cc2ccc(Br)cc2NC1=O. The van der Waals surface area contributed by atoms with Gasteiger partial charge in [-0.1, -0.05) is 39.7 Å². The van der Waals surface area contributed by atoms with Crippen molar-refractivity contribution in [1.82, 2.24) is 5.32 Å². The van der Waals surface area contributed by atoms with Crippen LogP contribution in [0.4, 0.5) is 17.1 Å². The maximum atomic E-state index is 12.5. The van der Waals surface area contributed by atoms with Gasteiger partial charge < -0.3 is 21.3 Å². The molecule has 0 aliphatic carbocycles.